The molecule has 0 aliphatic rings. The standard InChI is InChI=1S/C13H13N3O4/c1-3-15-5-4-14-12(15)9-6-10(13(17)20-2)8-11(7-9)16(18)19/h4-8H,3H2,1-2H3. The molecule has 0 atom stereocenters. The van der Waals surface area contributed by atoms with E-state index >= 15 is 0 Å². The Hall–Kier alpha value is -2.70. The zero-order valence-electron chi connectivity index (χ0n) is 11.1. The van der Waals surface area contributed by atoms with E-state index in [9.17, 15) is 14.9 Å². The largest absolute Gasteiger partial charge is 0.465 e. The summed E-state index contributed by atoms with van der Waals surface area (Å²) in [5.74, 6) is -0.0501. The first-order valence-corrected chi connectivity index (χ1v) is 5.96. The third-order valence-corrected chi connectivity index (χ3v) is 2.86. The number of methoxy groups -OCH3 is 1. The number of nitro groups is 1. The van der Waals surface area contributed by atoms with Crippen LogP contribution in [0.5, 0.6) is 0 Å². The fraction of sp³-hybridized carbons (Fsp3) is 0.231. The minimum absolute atomic E-state index is 0.127. The number of hydrogen-bond donors (Lipinski definition) is 0. The normalized spacial score (nSPS) is 10.3. The van der Waals surface area contributed by atoms with Gasteiger partial charge in [-0.05, 0) is 13.0 Å². The average molecular weight is 275 g/mol. The maximum absolute atomic E-state index is 11.6. The number of imidazole rings is 1. The van der Waals surface area contributed by atoms with Gasteiger partial charge in [0.05, 0.1) is 17.6 Å². The number of benzene rings is 1. The molecule has 1 heterocycles. The summed E-state index contributed by atoms with van der Waals surface area (Å²) >= 11 is 0. The van der Waals surface area contributed by atoms with Gasteiger partial charge in [0.2, 0.25) is 0 Å². The number of rotatable bonds is 4. The summed E-state index contributed by atoms with van der Waals surface area (Å²) in [5.41, 5.74) is 0.461. The quantitative estimate of drug-likeness (QED) is 0.485. The van der Waals surface area contributed by atoms with Gasteiger partial charge in [-0.1, -0.05) is 0 Å². The van der Waals surface area contributed by atoms with E-state index in [1.54, 1.807) is 12.4 Å². The maximum Gasteiger partial charge on any atom is 0.338 e. The second kappa shape index (κ2) is 5.52. The Morgan fingerprint density at radius 1 is 1.45 bits per heavy atom. The summed E-state index contributed by atoms with van der Waals surface area (Å²) < 4.78 is 6.44. The van der Waals surface area contributed by atoms with Gasteiger partial charge in [0.25, 0.3) is 5.69 Å². The fourth-order valence-electron chi connectivity index (χ4n) is 1.91. The number of aryl methyl sites for hydroxylation is 1. The highest BCUT2D eigenvalue weighted by Gasteiger charge is 2.17. The number of carbonyl (C=O) groups is 1. The third kappa shape index (κ3) is 2.51. The molecule has 7 nitrogen and oxygen atoms in total. The van der Waals surface area contributed by atoms with Crippen LogP contribution in [0.3, 0.4) is 0 Å². The van der Waals surface area contributed by atoms with Gasteiger partial charge in [0.1, 0.15) is 5.82 Å². The van der Waals surface area contributed by atoms with E-state index in [-0.39, 0.29) is 11.3 Å². The summed E-state index contributed by atoms with van der Waals surface area (Å²) in [6.07, 6.45) is 3.38. The van der Waals surface area contributed by atoms with Crippen LogP contribution in [-0.4, -0.2) is 27.6 Å². The number of nitrogens with zero attached hydrogens (tertiary/aromatic N) is 3. The highest BCUT2D eigenvalue weighted by molar-refractivity contribution is 5.91. The lowest BCUT2D eigenvalue weighted by atomic mass is 10.1. The summed E-state index contributed by atoms with van der Waals surface area (Å²) in [4.78, 5) is 26.2. The molecule has 0 aliphatic carbocycles. The van der Waals surface area contributed by atoms with Crippen molar-refractivity contribution in [3.63, 3.8) is 0 Å². The average Bonchev–Trinajstić information content (AvgIpc) is 2.94. The first-order valence-electron chi connectivity index (χ1n) is 5.96. The van der Waals surface area contributed by atoms with Crippen LogP contribution in [0.4, 0.5) is 5.69 Å². The molecule has 104 valence electrons. The van der Waals surface area contributed by atoms with Gasteiger partial charge in [0, 0.05) is 36.6 Å². The van der Waals surface area contributed by atoms with Gasteiger partial charge in [-0.25, -0.2) is 9.78 Å². The van der Waals surface area contributed by atoms with E-state index in [2.05, 4.69) is 9.72 Å². The molecule has 0 saturated carbocycles. The lowest BCUT2D eigenvalue weighted by molar-refractivity contribution is -0.384. The molecule has 0 radical (unpaired) electrons. The summed E-state index contributed by atoms with van der Waals surface area (Å²) in [6.45, 7) is 2.61. The van der Waals surface area contributed by atoms with Gasteiger partial charge >= 0.3 is 5.97 Å². The third-order valence-electron chi connectivity index (χ3n) is 2.86. The van der Waals surface area contributed by atoms with E-state index in [1.807, 2.05) is 11.5 Å². The molecule has 0 unspecified atom stereocenters. The smallest absolute Gasteiger partial charge is 0.338 e. The van der Waals surface area contributed by atoms with Crippen LogP contribution in [0.25, 0.3) is 11.4 Å². The Kier molecular flexibility index (Phi) is 3.79. The predicted molar refractivity (Wildman–Crippen MR) is 71.3 cm³/mol. The molecule has 2 aromatic rings. The molecule has 0 aliphatic heterocycles. The molecule has 20 heavy (non-hydrogen) atoms. The lowest BCUT2D eigenvalue weighted by Gasteiger charge is -2.07. The first kappa shape index (κ1) is 13.7. The number of aromatic nitrogens is 2. The van der Waals surface area contributed by atoms with Crippen molar-refractivity contribution in [3.8, 4) is 11.4 Å². The number of nitro benzene ring substituents is 1. The molecule has 0 saturated heterocycles. The van der Waals surface area contributed by atoms with Gasteiger partial charge in [-0.3, -0.25) is 10.1 Å². The van der Waals surface area contributed by atoms with Crippen molar-refractivity contribution < 1.29 is 14.5 Å². The Morgan fingerprint density at radius 3 is 2.80 bits per heavy atom. The van der Waals surface area contributed by atoms with E-state index < -0.39 is 10.9 Å². The molecule has 0 amide bonds. The molecule has 7 heteroatoms. The van der Waals surface area contributed by atoms with Crippen molar-refractivity contribution in [2.75, 3.05) is 7.11 Å². The number of non-ortho nitro benzene ring substituents is 1. The summed E-state index contributed by atoms with van der Waals surface area (Å²) in [6, 6.07) is 4.11. The number of ether oxygens (including phenoxy) is 1. The lowest BCUT2D eigenvalue weighted by Crippen LogP contribution is -2.04. The Morgan fingerprint density at radius 2 is 2.20 bits per heavy atom. The Balaban J connectivity index is 2.61. The minimum atomic E-state index is -0.621. The molecule has 2 rings (SSSR count). The molecule has 0 fully saturated rings. The predicted octanol–water partition coefficient (Wildman–Crippen LogP) is 2.26. The van der Waals surface area contributed by atoms with Crippen LogP contribution in [-0.2, 0) is 11.3 Å². The van der Waals surface area contributed by atoms with E-state index in [0.29, 0.717) is 17.9 Å². The Bertz CT molecular complexity index is 663. The highest BCUT2D eigenvalue weighted by Crippen LogP contribution is 2.25. The van der Waals surface area contributed by atoms with Crippen LogP contribution >= 0.6 is 0 Å². The SMILES string of the molecule is CCn1ccnc1-c1cc(C(=O)OC)cc([N+](=O)[O-])c1. The summed E-state index contributed by atoms with van der Waals surface area (Å²) in [7, 11) is 1.23. The zero-order valence-corrected chi connectivity index (χ0v) is 11.1. The van der Waals surface area contributed by atoms with Crippen molar-refractivity contribution in [1.82, 2.24) is 9.55 Å². The van der Waals surface area contributed by atoms with Crippen molar-refractivity contribution in [1.29, 1.82) is 0 Å². The van der Waals surface area contributed by atoms with Crippen LogP contribution < -0.4 is 0 Å². The monoisotopic (exact) mass is 275 g/mol. The maximum atomic E-state index is 11.6. The van der Waals surface area contributed by atoms with Crippen molar-refractivity contribution in [3.05, 3.63) is 46.3 Å². The number of esters is 1. The molecule has 0 spiro atoms. The molecule has 0 bridgehead atoms. The molecule has 1 aromatic heterocycles. The second-order valence-corrected chi connectivity index (χ2v) is 4.05. The van der Waals surface area contributed by atoms with E-state index in [4.69, 9.17) is 0 Å². The van der Waals surface area contributed by atoms with Crippen LogP contribution in [0.1, 0.15) is 17.3 Å². The minimum Gasteiger partial charge on any atom is -0.465 e. The van der Waals surface area contributed by atoms with Gasteiger partial charge in [-0.15, -0.1) is 0 Å². The van der Waals surface area contributed by atoms with Crippen molar-refractivity contribution >= 4 is 11.7 Å². The summed E-state index contributed by atoms with van der Waals surface area (Å²) in [5, 5.41) is 11.0. The number of carbonyl (C=O) groups excluding carboxylic acids is 1. The first-order chi connectivity index (χ1) is 9.56. The molecular weight excluding hydrogens is 262 g/mol. The van der Waals surface area contributed by atoms with Crippen LogP contribution in [0, 0.1) is 10.1 Å². The van der Waals surface area contributed by atoms with Crippen molar-refractivity contribution in [2.45, 2.75) is 13.5 Å². The van der Waals surface area contributed by atoms with Crippen LogP contribution in [0.15, 0.2) is 30.6 Å². The van der Waals surface area contributed by atoms with Gasteiger partial charge in [0.15, 0.2) is 0 Å². The zero-order chi connectivity index (χ0) is 14.7. The fourth-order valence-corrected chi connectivity index (χ4v) is 1.91. The van der Waals surface area contributed by atoms with Crippen molar-refractivity contribution in [2.24, 2.45) is 0 Å². The molecule has 0 N–H and O–H groups in total. The van der Waals surface area contributed by atoms with E-state index in [1.165, 1.54) is 25.3 Å². The van der Waals surface area contributed by atoms with Gasteiger partial charge in [-0.2, -0.15) is 0 Å². The molecule has 1 aromatic carbocycles. The Labute approximate surface area is 115 Å². The molecular formula is C13H13N3O4. The van der Waals surface area contributed by atoms with Crippen LogP contribution in [0.2, 0.25) is 0 Å². The topological polar surface area (TPSA) is 87.3 Å². The highest BCUT2D eigenvalue weighted by atomic mass is 16.6. The number of hydrogen-bond acceptors (Lipinski definition) is 5. The van der Waals surface area contributed by atoms with E-state index in [0.717, 1.165) is 0 Å². The van der Waals surface area contributed by atoms with Gasteiger partial charge < -0.3 is 9.30 Å². The second-order valence-electron chi connectivity index (χ2n) is 4.05.